The molecule has 67 heavy (non-hydrogen) atoms. The molecule has 0 amide bonds. The van der Waals surface area contributed by atoms with Crippen molar-refractivity contribution < 1.29 is 0 Å². The Kier molecular flexibility index (Phi) is 10.7. The van der Waals surface area contributed by atoms with Crippen LogP contribution in [0.4, 0.5) is 34.1 Å². The van der Waals surface area contributed by atoms with Crippen molar-refractivity contribution in [1.82, 2.24) is 19.5 Å². The third-order valence-electron chi connectivity index (χ3n) is 13.0. The second-order valence-electron chi connectivity index (χ2n) is 17.0. The van der Waals surface area contributed by atoms with Crippen LogP contribution in [0, 0.1) is 27.7 Å². The standard InChI is InChI=1S/C61H48N6/c1-41-43(3)58(44(4)42(2)57(41)61-63-59(45-23-11-5-12-24-45)62-60(64-61)46-25-13-6-14-26-46)67-55-37-35-51(65(47-27-15-7-16-28-47)48-29-17-8-18-30-48)39-53(55)54-40-52(36-38-56(54)67)66(49-31-19-9-20-32-49)50-33-21-10-22-34-50/h5-40H,1-4H3. The van der Waals surface area contributed by atoms with Crippen molar-refractivity contribution in [2.75, 3.05) is 9.80 Å². The van der Waals surface area contributed by atoms with Gasteiger partial charge in [-0.2, -0.15) is 0 Å². The van der Waals surface area contributed by atoms with Crippen LogP contribution in [-0.2, 0) is 0 Å². The van der Waals surface area contributed by atoms with Crippen LogP contribution in [0.25, 0.3) is 61.7 Å². The van der Waals surface area contributed by atoms with Crippen LogP contribution < -0.4 is 9.80 Å². The van der Waals surface area contributed by atoms with Gasteiger partial charge >= 0.3 is 0 Å². The fourth-order valence-electron chi connectivity index (χ4n) is 9.60. The predicted octanol–water partition coefficient (Wildman–Crippen LogP) is 16.1. The lowest BCUT2D eigenvalue weighted by atomic mass is 9.91. The number of hydrogen-bond donors (Lipinski definition) is 0. The fraction of sp³-hybridized carbons (Fsp3) is 0.0656. The zero-order chi connectivity index (χ0) is 45.4. The van der Waals surface area contributed by atoms with Gasteiger partial charge in [0.25, 0.3) is 0 Å². The van der Waals surface area contributed by atoms with Crippen molar-refractivity contribution in [3.63, 3.8) is 0 Å². The van der Waals surface area contributed by atoms with Gasteiger partial charge in [0.05, 0.1) is 16.7 Å². The van der Waals surface area contributed by atoms with Crippen molar-refractivity contribution >= 4 is 55.9 Å². The second kappa shape index (κ2) is 17.4. The lowest BCUT2D eigenvalue weighted by Gasteiger charge is -2.26. The predicted molar refractivity (Wildman–Crippen MR) is 279 cm³/mol. The molecule has 0 saturated heterocycles. The highest BCUT2D eigenvalue weighted by Crippen LogP contribution is 2.45. The Morgan fingerprint density at radius 1 is 0.313 bits per heavy atom. The molecule has 0 saturated carbocycles. The first-order chi connectivity index (χ1) is 32.9. The SMILES string of the molecule is Cc1c(C)c(-n2c3ccc(N(c4ccccc4)c4ccccc4)cc3c3cc(N(c4ccccc4)c4ccccc4)ccc32)c(C)c(C)c1-c1nc(-c2ccccc2)nc(-c2ccccc2)n1. The number of para-hydroxylation sites is 4. The maximum absolute atomic E-state index is 5.21. The first kappa shape index (κ1) is 41.1. The zero-order valence-electron chi connectivity index (χ0n) is 38.0. The molecule has 0 atom stereocenters. The van der Waals surface area contributed by atoms with E-state index in [1.54, 1.807) is 0 Å². The van der Waals surface area contributed by atoms with E-state index < -0.39 is 0 Å². The number of hydrogen-bond acceptors (Lipinski definition) is 5. The largest absolute Gasteiger partial charge is 0.310 e. The first-order valence-corrected chi connectivity index (χ1v) is 22.8. The second-order valence-corrected chi connectivity index (χ2v) is 17.0. The summed E-state index contributed by atoms with van der Waals surface area (Å²) in [6.07, 6.45) is 0. The lowest BCUT2D eigenvalue weighted by molar-refractivity contribution is 1.05. The third-order valence-corrected chi connectivity index (χ3v) is 13.0. The summed E-state index contributed by atoms with van der Waals surface area (Å²) in [6.45, 7) is 8.93. The van der Waals surface area contributed by atoms with E-state index in [9.17, 15) is 0 Å². The molecule has 0 unspecified atom stereocenters. The average molecular weight is 865 g/mol. The molecule has 322 valence electrons. The van der Waals surface area contributed by atoms with Gasteiger partial charge in [-0.3, -0.25) is 0 Å². The Morgan fingerprint density at radius 3 is 0.970 bits per heavy atom. The lowest BCUT2D eigenvalue weighted by Crippen LogP contribution is -2.10. The quantitative estimate of drug-likeness (QED) is 0.137. The van der Waals surface area contributed by atoms with Crippen LogP contribution in [0.3, 0.4) is 0 Å². The highest BCUT2D eigenvalue weighted by Gasteiger charge is 2.25. The Morgan fingerprint density at radius 2 is 0.627 bits per heavy atom. The number of nitrogens with zero attached hydrogens (tertiary/aromatic N) is 6. The van der Waals surface area contributed by atoms with Gasteiger partial charge in [0.2, 0.25) is 0 Å². The number of anilines is 6. The highest BCUT2D eigenvalue weighted by molar-refractivity contribution is 6.12. The van der Waals surface area contributed by atoms with E-state index in [1.807, 2.05) is 36.4 Å². The summed E-state index contributed by atoms with van der Waals surface area (Å²) in [5.41, 5.74) is 17.4. The van der Waals surface area contributed by atoms with E-state index in [0.29, 0.717) is 17.5 Å². The summed E-state index contributed by atoms with van der Waals surface area (Å²) in [4.78, 5) is 20.1. The van der Waals surface area contributed by atoms with Gasteiger partial charge in [0, 0.05) is 61.6 Å². The minimum atomic E-state index is 0.650. The molecule has 6 nitrogen and oxygen atoms in total. The van der Waals surface area contributed by atoms with Gasteiger partial charge < -0.3 is 14.4 Å². The molecule has 2 heterocycles. The molecular weight excluding hydrogens is 817 g/mol. The summed E-state index contributed by atoms with van der Waals surface area (Å²) in [5.74, 6) is 1.97. The van der Waals surface area contributed by atoms with Crippen molar-refractivity contribution in [1.29, 1.82) is 0 Å². The Balaban J connectivity index is 1.16. The molecule has 0 aliphatic heterocycles. The maximum atomic E-state index is 5.21. The van der Waals surface area contributed by atoms with E-state index in [0.717, 1.165) is 89.4 Å². The summed E-state index contributed by atoms with van der Waals surface area (Å²) < 4.78 is 2.48. The van der Waals surface area contributed by atoms with Crippen LogP contribution in [-0.4, -0.2) is 19.5 Å². The van der Waals surface area contributed by atoms with Crippen molar-refractivity contribution in [3.05, 3.63) is 241 Å². The molecule has 11 aromatic rings. The third kappa shape index (κ3) is 7.48. The van der Waals surface area contributed by atoms with Crippen LogP contribution in [0.5, 0.6) is 0 Å². The molecular formula is C61H48N6. The fourth-order valence-corrected chi connectivity index (χ4v) is 9.60. The first-order valence-electron chi connectivity index (χ1n) is 22.8. The smallest absolute Gasteiger partial charge is 0.164 e. The number of benzene rings is 9. The van der Waals surface area contributed by atoms with Crippen molar-refractivity contribution in [2.24, 2.45) is 0 Å². The molecule has 0 N–H and O–H groups in total. The van der Waals surface area contributed by atoms with E-state index in [4.69, 9.17) is 15.0 Å². The minimum absolute atomic E-state index is 0.650. The van der Waals surface area contributed by atoms with E-state index >= 15 is 0 Å². The van der Waals surface area contributed by atoms with Crippen LogP contribution >= 0.6 is 0 Å². The topological polar surface area (TPSA) is 50.1 Å². The number of rotatable bonds is 10. The van der Waals surface area contributed by atoms with Gasteiger partial charge in [0.1, 0.15) is 0 Å². The van der Waals surface area contributed by atoms with Crippen LogP contribution in [0.2, 0.25) is 0 Å². The monoisotopic (exact) mass is 864 g/mol. The van der Waals surface area contributed by atoms with Gasteiger partial charge in [0.15, 0.2) is 17.5 Å². The Bertz CT molecular complexity index is 3230. The zero-order valence-corrected chi connectivity index (χ0v) is 38.0. The van der Waals surface area contributed by atoms with Crippen LogP contribution in [0.1, 0.15) is 22.3 Å². The molecule has 0 bridgehead atoms. The maximum Gasteiger partial charge on any atom is 0.164 e. The van der Waals surface area contributed by atoms with E-state index in [-0.39, 0.29) is 0 Å². The summed E-state index contributed by atoms with van der Waals surface area (Å²) in [5, 5.41) is 2.31. The van der Waals surface area contributed by atoms with Gasteiger partial charge in [-0.15, -0.1) is 0 Å². The van der Waals surface area contributed by atoms with Gasteiger partial charge in [-0.05, 0) is 135 Å². The molecule has 6 heteroatoms. The number of aromatic nitrogens is 4. The molecule has 0 fully saturated rings. The molecule has 0 aliphatic rings. The van der Waals surface area contributed by atoms with Gasteiger partial charge in [-0.25, -0.2) is 15.0 Å². The summed E-state index contributed by atoms with van der Waals surface area (Å²) in [7, 11) is 0. The normalized spacial score (nSPS) is 11.3. The molecule has 11 rings (SSSR count). The van der Waals surface area contributed by atoms with Crippen LogP contribution in [0.15, 0.2) is 218 Å². The van der Waals surface area contributed by atoms with Crippen molar-refractivity contribution in [3.8, 4) is 39.9 Å². The van der Waals surface area contributed by atoms with Gasteiger partial charge in [-0.1, -0.05) is 133 Å². The summed E-state index contributed by atoms with van der Waals surface area (Å²) >= 11 is 0. The Labute approximate surface area is 391 Å². The average Bonchev–Trinajstić information content (AvgIpc) is 3.70. The molecule has 0 radical (unpaired) electrons. The number of fused-ring (bicyclic) bond motifs is 3. The molecule has 0 spiro atoms. The Hall–Kier alpha value is -8.61. The molecule has 0 aliphatic carbocycles. The summed E-state index contributed by atoms with van der Waals surface area (Å²) in [6, 6.07) is 76.8. The minimum Gasteiger partial charge on any atom is -0.310 e. The van der Waals surface area contributed by atoms with E-state index in [2.05, 4.69) is 224 Å². The molecule has 2 aromatic heterocycles. The highest BCUT2D eigenvalue weighted by atomic mass is 15.2. The van der Waals surface area contributed by atoms with Crippen molar-refractivity contribution in [2.45, 2.75) is 27.7 Å². The molecule has 9 aromatic carbocycles. The van der Waals surface area contributed by atoms with E-state index in [1.165, 1.54) is 11.1 Å².